The lowest BCUT2D eigenvalue weighted by Gasteiger charge is -2.08. The summed E-state index contributed by atoms with van der Waals surface area (Å²) in [6.45, 7) is 1.82. The number of aromatic nitrogens is 2. The number of rotatable bonds is 4. The van der Waals surface area contributed by atoms with Crippen LogP contribution < -0.4 is 10.6 Å². The lowest BCUT2D eigenvalue weighted by Crippen LogP contribution is -2.16. The Hall–Kier alpha value is -3.06. The summed E-state index contributed by atoms with van der Waals surface area (Å²) in [5.74, 6) is -0.206. The predicted molar refractivity (Wildman–Crippen MR) is 103 cm³/mol. The Balaban J connectivity index is 1.72. The van der Waals surface area contributed by atoms with E-state index in [1.807, 2.05) is 13.0 Å². The first kappa shape index (κ1) is 17.8. The average molecular weight is 411 g/mol. The molecule has 0 saturated heterocycles. The average Bonchev–Trinajstić information content (AvgIpc) is 2.64. The molecule has 0 bridgehead atoms. The van der Waals surface area contributed by atoms with E-state index in [9.17, 15) is 9.59 Å². The topological polar surface area (TPSA) is 84.0 Å². The van der Waals surface area contributed by atoms with E-state index in [-0.39, 0.29) is 11.8 Å². The lowest BCUT2D eigenvalue weighted by molar-refractivity contribution is 0.101. The van der Waals surface area contributed by atoms with E-state index in [0.717, 1.165) is 10.2 Å². The van der Waals surface area contributed by atoms with Crippen LogP contribution in [-0.4, -0.2) is 21.8 Å². The van der Waals surface area contributed by atoms with Crippen molar-refractivity contribution in [1.82, 2.24) is 9.97 Å². The maximum Gasteiger partial charge on any atom is 0.274 e. The number of hydrogen-bond acceptors (Lipinski definition) is 4. The van der Waals surface area contributed by atoms with E-state index >= 15 is 0 Å². The van der Waals surface area contributed by atoms with Gasteiger partial charge in [-0.25, -0.2) is 9.97 Å². The van der Waals surface area contributed by atoms with Gasteiger partial charge in [0.25, 0.3) is 11.8 Å². The van der Waals surface area contributed by atoms with Crippen molar-refractivity contribution < 1.29 is 9.59 Å². The van der Waals surface area contributed by atoms with Gasteiger partial charge in [0.1, 0.15) is 11.5 Å². The maximum absolute atomic E-state index is 12.4. The van der Waals surface area contributed by atoms with Crippen LogP contribution in [0.25, 0.3) is 0 Å². The third-order valence-corrected chi connectivity index (χ3v) is 3.94. The molecule has 2 N–H and O–H groups in total. The highest BCUT2D eigenvalue weighted by Gasteiger charge is 2.11. The number of amides is 2. The highest BCUT2D eigenvalue weighted by molar-refractivity contribution is 9.10. The van der Waals surface area contributed by atoms with Crippen LogP contribution in [0, 0.1) is 6.92 Å². The molecule has 0 radical (unpaired) electrons. The Morgan fingerprint density at radius 2 is 1.77 bits per heavy atom. The number of benzene rings is 1. The van der Waals surface area contributed by atoms with E-state index in [4.69, 9.17) is 0 Å². The summed E-state index contributed by atoms with van der Waals surface area (Å²) < 4.78 is 0.824. The molecule has 130 valence electrons. The number of pyridine rings is 2. The van der Waals surface area contributed by atoms with Gasteiger partial charge in [-0.1, -0.05) is 12.1 Å². The molecule has 0 fully saturated rings. The molecule has 3 rings (SSSR count). The Kier molecular flexibility index (Phi) is 5.38. The normalized spacial score (nSPS) is 10.2. The van der Waals surface area contributed by atoms with Crippen molar-refractivity contribution in [3.8, 4) is 0 Å². The van der Waals surface area contributed by atoms with E-state index in [1.165, 1.54) is 0 Å². The summed E-state index contributed by atoms with van der Waals surface area (Å²) in [5.41, 5.74) is 1.99. The van der Waals surface area contributed by atoms with E-state index in [2.05, 4.69) is 36.5 Å². The molecule has 0 atom stereocenters. The number of halogens is 1. The van der Waals surface area contributed by atoms with Crippen molar-refractivity contribution >= 4 is 39.2 Å². The van der Waals surface area contributed by atoms with Crippen LogP contribution in [0.2, 0.25) is 0 Å². The fourth-order valence-electron chi connectivity index (χ4n) is 2.24. The highest BCUT2D eigenvalue weighted by atomic mass is 79.9. The fourth-order valence-corrected chi connectivity index (χ4v) is 2.48. The number of carbonyl (C=O) groups excluding carboxylic acids is 2. The number of nitrogens with zero attached hydrogens (tertiary/aromatic N) is 2. The van der Waals surface area contributed by atoms with E-state index in [1.54, 1.807) is 54.7 Å². The van der Waals surface area contributed by atoms with E-state index in [0.29, 0.717) is 22.8 Å². The minimum absolute atomic E-state index is 0.315. The van der Waals surface area contributed by atoms with Crippen LogP contribution in [0.3, 0.4) is 0 Å². The summed E-state index contributed by atoms with van der Waals surface area (Å²) >= 11 is 3.29. The molecular formula is C19H15BrN4O2. The second kappa shape index (κ2) is 7.88. The minimum Gasteiger partial charge on any atom is -0.321 e. The summed E-state index contributed by atoms with van der Waals surface area (Å²) in [5, 5.41) is 5.46. The predicted octanol–water partition coefficient (Wildman–Crippen LogP) is 4.05. The van der Waals surface area contributed by atoms with Crippen LogP contribution in [0.15, 0.2) is 65.3 Å². The van der Waals surface area contributed by atoms with Gasteiger partial charge < -0.3 is 10.6 Å². The Morgan fingerprint density at radius 3 is 2.50 bits per heavy atom. The molecule has 2 aromatic heterocycles. The fraction of sp³-hybridized carbons (Fsp3) is 0.0526. The number of anilines is 2. The first-order valence-corrected chi connectivity index (χ1v) is 8.58. The number of hydrogen-bond donors (Lipinski definition) is 2. The van der Waals surface area contributed by atoms with Crippen molar-refractivity contribution in [2.24, 2.45) is 0 Å². The van der Waals surface area contributed by atoms with Crippen LogP contribution in [0.1, 0.15) is 26.5 Å². The Bertz CT molecular complexity index is 958. The van der Waals surface area contributed by atoms with Crippen LogP contribution >= 0.6 is 15.9 Å². The molecular weight excluding hydrogens is 396 g/mol. The molecule has 0 aliphatic heterocycles. The monoisotopic (exact) mass is 410 g/mol. The second-order valence-electron chi connectivity index (χ2n) is 5.51. The number of aryl methyl sites for hydroxylation is 1. The molecule has 7 heteroatoms. The number of carbonyl (C=O) groups is 2. The van der Waals surface area contributed by atoms with Crippen molar-refractivity contribution in [2.75, 3.05) is 10.6 Å². The zero-order valence-electron chi connectivity index (χ0n) is 13.9. The molecule has 0 unspecified atom stereocenters. The SMILES string of the molecule is Cc1cccc(C(=O)Nc2cccc(C(=O)Nc3ccc(Br)cn3)c2)n1. The molecule has 1 aromatic carbocycles. The van der Waals surface area contributed by atoms with Crippen LogP contribution in [0.4, 0.5) is 11.5 Å². The zero-order valence-corrected chi connectivity index (χ0v) is 15.4. The standard InChI is InChI=1S/C19H15BrN4O2/c1-12-4-2-7-16(22-12)19(26)23-15-6-3-5-13(10-15)18(25)24-17-9-8-14(20)11-21-17/h2-11H,1H3,(H,23,26)(H,21,24,25). The van der Waals surface area contributed by atoms with Gasteiger partial charge in [-0.15, -0.1) is 0 Å². The smallest absolute Gasteiger partial charge is 0.274 e. The highest BCUT2D eigenvalue weighted by Crippen LogP contribution is 2.15. The quantitative estimate of drug-likeness (QED) is 0.679. The Labute approximate surface area is 158 Å². The largest absolute Gasteiger partial charge is 0.321 e. The van der Waals surface area contributed by atoms with Gasteiger partial charge in [-0.3, -0.25) is 9.59 Å². The molecule has 3 aromatic rings. The van der Waals surface area contributed by atoms with Crippen molar-refractivity contribution in [2.45, 2.75) is 6.92 Å². The number of nitrogens with one attached hydrogen (secondary N) is 2. The van der Waals surface area contributed by atoms with Crippen LogP contribution in [0.5, 0.6) is 0 Å². The third-order valence-electron chi connectivity index (χ3n) is 3.47. The molecule has 0 aliphatic carbocycles. The van der Waals surface area contributed by atoms with Gasteiger partial charge in [0.05, 0.1) is 0 Å². The molecule has 0 aliphatic rings. The molecule has 6 nitrogen and oxygen atoms in total. The Morgan fingerprint density at radius 1 is 0.962 bits per heavy atom. The van der Waals surface area contributed by atoms with E-state index < -0.39 is 0 Å². The van der Waals surface area contributed by atoms with Crippen LogP contribution in [-0.2, 0) is 0 Å². The zero-order chi connectivity index (χ0) is 18.5. The lowest BCUT2D eigenvalue weighted by atomic mass is 10.2. The van der Waals surface area contributed by atoms with Gasteiger partial charge in [0.2, 0.25) is 0 Å². The van der Waals surface area contributed by atoms with Gasteiger partial charge in [0, 0.05) is 27.6 Å². The third kappa shape index (κ3) is 4.52. The summed E-state index contributed by atoms with van der Waals surface area (Å²) in [6, 6.07) is 15.4. The van der Waals surface area contributed by atoms with Crippen molar-refractivity contribution in [3.05, 3.63) is 82.2 Å². The molecule has 26 heavy (non-hydrogen) atoms. The first-order valence-electron chi connectivity index (χ1n) is 7.79. The summed E-state index contributed by atoms with van der Waals surface area (Å²) in [7, 11) is 0. The second-order valence-corrected chi connectivity index (χ2v) is 6.43. The summed E-state index contributed by atoms with van der Waals surface area (Å²) in [6.07, 6.45) is 1.60. The van der Waals surface area contributed by atoms with Gasteiger partial charge >= 0.3 is 0 Å². The van der Waals surface area contributed by atoms with Gasteiger partial charge in [-0.05, 0) is 65.3 Å². The maximum atomic E-state index is 12.4. The van der Waals surface area contributed by atoms with Gasteiger partial charge in [0.15, 0.2) is 0 Å². The molecule has 2 amide bonds. The first-order chi connectivity index (χ1) is 12.5. The summed E-state index contributed by atoms with van der Waals surface area (Å²) in [4.78, 5) is 32.9. The molecule has 0 spiro atoms. The minimum atomic E-state index is -0.333. The van der Waals surface area contributed by atoms with Crippen molar-refractivity contribution in [3.63, 3.8) is 0 Å². The van der Waals surface area contributed by atoms with Gasteiger partial charge in [-0.2, -0.15) is 0 Å². The molecule has 2 heterocycles. The molecule has 0 saturated carbocycles. The van der Waals surface area contributed by atoms with Crippen molar-refractivity contribution in [1.29, 1.82) is 0 Å².